The summed E-state index contributed by atoms with van der Waals surface area (Å²) < 4.78 is 8.41. The van der Waals surface area contributed by atoms with Gasteiger partial charge in [-0.2, -0.15) is 5.10 Å². The van der Waals surface area contributed by atoms with Crippen molar-refractivity contribution in [2.75, 3.05) is 7.11 Å². The summed E-state index contributed by atoms with van der Waals surface area (Å²) in [5.41, 5.74) is 1.72. The van der Waals surface area contributed by atoms with Crippen LogP contribution in [0.25, 0.3) is 11.5 Å². The molecule has 0 aliphatic carbocycles. The first-order valence-corrected chi connectivity index (χ1v) is 6.59. The first kappa shape index (κ1) is 15.1. The molecule has 0 fully saturated rings. The minimum absolute atomic E-state index is 0.110. The molecule has 21 heavy (non-hydrogen) atoms. The van der Waals surface area contributed by atoms with Gasteiger partial charge in [0.2, 0.25) is 0 Å². The SMILES string of the molecule is CCc1cc(-c2nnnn2CC(CC(=O)O)OC)n(C)n1. The van der Waals surface area contributed by atoms with E-state index in [1.54, 1.807) is 4.68 Å². The molecule has 9 heteroatoms. The lowest BCUT2D eigenvalue weighted by Gasteiger charge is -2.13. The molecule has 9 nitrogen and oxygen atoms in total. The molecule has 0 spiro atoms. The fraction of sp³-hybridized carbons (Fsp3) is 0.583. The van der Waals surface area contributed by atoms with E-state index in [4.69, 9.17) is 9.84 Å². The normalized spacial score (nSPS) is 12.5. The largest absolute Gasteiger partial charge is 0.481 e. The summed E-state index contributed by atoms with van der Waals surface area (Å²) in [5.74, 6) is -0.387. The molecule has 1 atom stereocenters. The minimum atomic E-state index is -0.926. The predicted molar refractivity (Wildman–Crippen MR) is 72.4 cm³/mol. The third kappa shape index (κ3) is 3.43. The maximum absolute atomic E-state index is 10.8. The van der Waals surface area contributed by atoms with E-state index in [-0.39, 0.29) is 13.0 Å². The number of aryl methyl sites for hydroxylation is 2. The number of aromatic nitrogens is 6. The van der Waals surface area contributed by atoms with E-state index in [0.717, 1.165) is 17.8 Å². The molecule has 0 aliphatic rings. The van der Waals surface area contributed by atoms with Crippen LogP contribution in [0.2, 0.25) is 0 Å². The molecular formula is C12H18N6O3. The van der Waals surface area contributed by atoms with Gasteiger partial charge in [-0.3, -0.25) is 9.48 Å². The van der Waals surface area contributed by atoms with Crippen LogP contribution in [0.5, 0.6) is 0 Å². The number of nitrogens with zero attached hydrogens (tertiary/aromatic N) is 6. The average molecular weight is 294 g/mol. The molecule has 1 unspecified atom stereocenters. The Labute approximate surface area is 121 Å². The standard InChI is InChI=1S/C12H18N6O3/c1-4-8-5-10(17(2)14-8)12-13-15-16-18(12)7-9(21-3)6-11(19)20/h5,9H,4,6-7H2,1-3H3,(H,19,20). The third-order valence-corrected chi connectivity index (χ3v) is 3.17. The lowest BCUT2D eigenvalue weighted by Crippen LogP contribution is -2.23. The van der Waals surface area contributed by atoms with Crippen LogP contribution in [0.4, 0.5) is 0 Å². The van der Waals surface area contributed by atoms with E-state index >= 15 is 0 Å². The Morgan fingerprint density at radius 1 is 1.52 bits per heavy atom. The molecule has 2 heterocycles. The number of methoxy groups -OCH3 is 1. The summed E-state index contributed by atoms with van der Waals surface area (Å²) in [6.45, 7) is 2.28. The van der Waals surface area contributed by atoms with Gasteiger partial charge >= 0.3 is 5.97 Å². The van der Waals surface area contributed by atoms with Crippen LogP contribution in [-0.2, 0) is 29.5 Å². The van der Waals surface area contributed by atoms with Gasteiger partial charge in [0.25, 0.3) is 0 Å². The van der Waals surface area contributed by atoms with Crippen molar-refractivity contribution in [1.82, 2.24) is 30.0 Å². The van der Waals surface area contributed by atoms with Gasteiger partial charge in [0.1, 0.15) is 5.69 Å². The van der Waals surface area contributed by atoms with Crippen molar-refractivity contribution in [1.29, 1.82) is 0 Å². The lowest BCUT2D eigenvalue weighted by molar-refractivity contribution is -0.140. The maximum atomic E-state index is 10.8. The summed E-state index contributed by atoms with van der Waals surface area (Å²) in [6, 6.07) is 1.92. The first-order chi connectivity index (χ1) is 10.0. The summed E-state index contributed by atoms with van der Waals surface area (Å²) in [5, 5.41) is 24.8. The highest BCUT2D eigenvalue weighted by molar-refractivity contribution is 5.67. The highest BCUT2D eigenvalue weighted by Crippen LogP contribution is 2.17. The van der Waals surface area contributed by atoms with E-state index in [1.165, 1.54) is 11.8 Å². The fourth-order valence-corrected chi connectivity index (χ4v) is 2.03. The molecule has 2 rings (SSSR count). The van der Waals surface area contributed by atoms with Crippen LogP contribution >= 0.6 is 0 Å². The molecule has 114 valence electrons. The number of hydrogen-bond acceptors (Lipinski definition) is 6. The Balaban J connectivity index is 2.25. The van der Waals surface area contributed by atoms with Crippen LogP contribution in [0.15, 0.2) is 6.07 Å². The number of carbonyl (C=O) groups is 1. The van der Waals surface area contributed by atoms with E-state index in [2.05, 4.69) is 20.6 Å². The molecule has 0 saturated heterocycles. The van der Waals surface area contributed by atoms with Gasteiger partial charge in [-0.1, -0.05) is 6.92 Å². The van der Waals surface area contributed by atoms with Gasteiger partial charge < -0.3 is 9.84 Å². The van der Waals surface area contributed by atoms with Crippen molar-refractivity contribution in [2.24, 2.45) is 7.05 Å². The Morgan fingerprint density at radius 2 is 2.29 bits per heavy atom. The quantitative estimate of drug-likeness (QED) is 0.773. The zero-order chi connectivity index (χ0) is 15.4. The zero-order valence-electron chi connectivity index (χ0n) is 12.2. The second-order valence-electron chi connectivity index (χ2n) is 4.64. The zero-order valence-corrected chi connectivity index (χ0v) is 12.2. The van der Waals surface area contributed by atoms with E-state index in [0.29, 0.717) is 5.82 Å². The van der Waals surface area contributed by atoms with Crippen LogP contribution in [-0.4, -0.2) is 54.3 Å². The van der Waals surface area contributed by atoms with Gasteiger partial charge in [0, 0.05) is 14.2 Å². The number of carboxylic acids is 1. The average Bonchev–Trinajstić information content (AvgIpc) is 3.03. The molecule has 0 bridgehead atoms. The third-order valence-electron chi connectivity index (χ3n) is 3.17. The molecule has 2 aromatic heterocycles. The Bertz CT molecular complexity index is 620. The van der Waals surface area contributed by atoms with Gasteiger partial charge in [-0.05, 0) is 22.9 Å². The molecule has 0 radical (unpaired) electrons. The van der Waals surface area contributed by atoms with Crippen molar-refractivity contribution in [3.63, 3.8) is 0 Å². The second-order valence-corrected chi connectivity index (χ2v) is 4.64. The van der Waals surface area contributed by atoms with Crippen molar-refractivity contribution in [3.05, 3.63) is 11.8 Å². The molecule has 0 aromatic carbocycles. The molecule has 0 aliphatic heterocycles. The topological polar surface area (TPSA) is 108 Å². The lowest BCUT2D eigenvalue weighted by atomic mass is 10.2. The number of ether oxygens (including phenoxy) is 1. The molecule has 1 N–H and O–H groups in total. The van der Waals surface area contributed by atoms with Gasteiger partial charge in [0.05, 0.1) is 24.8 Å². The van der Waals surface area contributed by atoms with Gasteiger partial charge in [-0.15, -0.1) is 5.10 Å². The van der Waals surface area contributed by atoms with E-state index in [9.17, 15) is 4.79 Å². The second kappa shape index (κ2) is 6.44. The Hall–Kier alpha value is -2.29. The predicted octanol–water partition coefficient (Wildman–Crippen LogP) is 0.126. The number of tetrazole rings is 1. The van der Waals surface area contributed by atoms with E-state index < -0.39 is 12.1 Å². The van der Waals surface area contributed by atoms with Gasteiger partial charge in [-0.25, -0.2) is 4.68 Å². The fourth-order valence-electron chi connectivity index (χ4n) is 2.03. The number of rotatable bonds is 7. The van der Waals surface area contributed by atoms with Crippen molar-refractivity contribution < 1.29 is 14.6 Å². The Morgan fingerprint density at radius 3 is 2.86 bits per heavy atom. The first-order valence-electron chi connectivity index (χ1n) is 6.59. The van der Waals surface area contributed by atoms with Crippen LogP contribution in [0.1, 0.15) is 19.0 Å². The summed E-state index contributed by atoms with van der Waals surface area (Å²) in [7, 11) is 3.29. The molecule has 2 aromatic rings. The summed E-state index contributed by atoms with van der Waals surface area (Å²) in [4.78, 5) is 10.8. The van der Waals surface area contributed by atoms with Crippen molar-refractivity contribution in [3.8, 4) is 11.5 Å². The highest BCUT2D eigenvalue weighted by Gasteiger charge is 2.19. The van der Waals surface area contributed by atoms with Crippen LogP contribution in [0.3, 0.4) is 0 Å². The van der Waals surface area contributed by atoms with Gasteiger partial charge in [0.15, 0.2) is 5.82 Å². The summed E-state index contributed by atoms with van der Waals surface area (Å²) >= 11 is 0. The molecule has 0 saturated carbocycles. The minimum Gasteiger partial charge on any atom is -0.481 e. The number of hydrogen-bond donors (Lipinski definition) is 1. The van der Waals surface area contributed by atoms with Crippen LogP contribution < -0.4 is 0 Å². The smallest absolute Gasteiger partial charge is 0.306 e. The number of aliphatic carboxylic acids is 1. The maximum Gasteiger partial charge on any atom is 0.306 e. The molecule has 0 amide bonds. The van der Waals surface area contributed by atoms with Crippen molar-refractivity contribution >= 4 is 5.97 Å². The van der Waals surface area contributed by atoms with E-state index in [1.807, 2.05) is 20.0 Å². The Kier molecular flexibility index (Phi) is 4.63. The molecular weight excluding hydrogens is 276 g/mol. The van der Waals surface area contributed by atoms with Crippen LogP contribution in [0, 0.1) is 0 Å². The monoisotopic (exact) mass is 294 g/mol. The number of carboxylic acid groups (broad SMARTS) is 1. The van der Waals surface area contributed by atoms with Crippen molar-refractivity contribution in [2.45, 2.75) is 32.4 Å². The highest BCUT2D eigenvalue weighted by atomic mass is 16.5. The summed E-state index contributed by atoms with van der Waals surface area (Å²) in [6.07, 6.45) is 0.208.